The van der Waals surface area contributed by atoms with Crippen molar-refractivity contribution in [2.24, 2.45) is 39.4 Å². The lowest BCUT2D eigenvalue weighted by Gasteiger charge is -2.68. The number of allylic oxidation sites excluding steroid dienone is 1. The smallest absolute Gasteiger partial charge is 0.160 e. The van der Waals surface area contributed by atoms with Gasteiger partial charge in [-0.3, -0.25) is 9.59 Å². The first-order valence-corrected chi connectivity index (χ1v) is 13.9. The number of Topliss-reactive ketones (excluding diaryl/α,β-unsaturated/α-hetero) is 2. The Morgan fingerprint density at radius 3 is 2.25 bits per heavy atom. The van der Waals surface area contributed by atoms with Crippen LogP contribution >= 0.6 is 0 Å². The maximum atomic E-state index is 13.6. The van der Waals surface area contributed by atoms with Gasteiger partial charge in [-0.2, -0.15) is 0 Å². The van der Waals surface area contributed by atoms with Crippen LogP contribution in [0, 0.1) is 39.4 Å². The zero-order chi connectivity index (χ0) is 27.2. The molecule has 3 fully saturated rings. The van der Waals surface area contributed by atoms with E-state index in [9.17, 15) is 30.0 Å². The maximum Gasteiger partial charge on any atom is 0.160 e. The fourth-order valence-corrected chi connectivity index (χ4v) is 9.62. The molecule has 0 heterocycles. The lowest BCUT2D eigenvalue weighted by atomic mass is 9.36. The first-order chi connectivity index (χ1) is 16.3. The van der Waals surface area contributed by atoms with Gasteiger partial charge in [0.25, 0.3) is 0 Å². The average molecular weight is 505 g/mol. The third-order valence-corrected chi connectivity index (χ3v) is 11.7. The summed E-state index contributed by atoms with van der Waals surface area (Å²) in [6.45, 7) is 15.7. The largest absolute Gasteiger partial charge is 0.392 e. The number of carbonyl (C=O) groups is 2. The van der Waals surface area contributed by atoms with Crippen LogP contribution in [0.5, 0.6) is 0 Å². The Kier molecular flexibility index (Phi) is 6.57. The minimum Gasteiger partial charge on any atom is -0.392 e. The van der Waals surface area contributed by atoms with E-state index in [4.69, 9.17) is 0 Å². The van der Waals surface area contributed by atoms with Crippen LogP contribution in [0.2, 0.25) is 0 Å². The molecular formula is C30H48O6. The molecule has 0 spiro atoms. The molecule has 9 atom stereocenters. The molecule has 0 aliphatic heterocycles. The minimum absolute atomic E-state index is 0.00469. The summed E-state index contributed by atoms with van der Waals surface area (Å²) < 4.78 is 0. The molecule has 0 radical (unpaired) electrons. The van der Waals surface area contributed by atoms with Crippen LogP contribution in [-0.4, -0.2) is 55.9 Å². The van der Waals surface area contributed by atoms with Crippen LogP contribution in [0.15, 0.2) is 11.1 Å². The van der Waals surface area contributed by atoms with Gasteiger partial charge in [0, 0.05) is 23.7 Å². The van der Waals surface area contributed by atoms with E-state index in [0.29, 0.717) is 30.6 Å². The van der Waals surface area contributed by atoms with E-state index >= 15 is 0 Å². The predicted molar refractivity (Wildman–Crippen MR) is 138 cm³/mol. The molecule has 4 aliphatic carbocycles. The fraction of sp³-hybridized carbons (Fsp3) is 0.867. The predicted octanol–water partition coefficient (Wildman–Crippen LogP) is 3.97. The van der Waals surface area contributed by atoms with Crippen molar-refractivity contribution in [1.82, 2.24) is 0 Å². The van der Waals surface area contributed by atoms with Crippen LogP contribution in [0.1, 0.15) is 100 Å². The molecule has 6 nitrogen and oxygen atoms in total. The molecule has 36 heavy (non-hydrogen) atoms. The molecule has 0 aromatic rings. The quantitative estimate of drug-likeness (QED) is 0.450. The normalized spacial score (nSPS) is 42.9. The van der Waals surface area contributed by atoms with Gasteiger partial charge < -0.3 is 20.4 Å². The summed E-state index contributed by atoms with van der Waals surface area (Å²) in [6.07, 6.45) is 1.01. The third kappa shape index (κ3) is 3.72. The molecule has 204 valence electrons. The Morgan fingerprint density at radius 2 is 1.67 bits per heavy atom. The summed E-state index contributed by atoms with van der Waals surface area (Å²) in [4.78, 5) is 26.5. The maximum absolute atomic E-state index is 13.6. The SMILES string of the molecule is CC(CC(O)C(O)C(C)(C)O)C1=C2CC(O)[C@H]3[C@@]4(C)CCC(=O)C(C)(C)[C@@H]4CC[C@]3(C)[C@@]2(C)CC1=O. The van der Waals surface area contributed by atoms with Crippen molar-refractivity contribution in [1.29, 1.82) is 0 Å². The number of fused-ring (bicyclic) bond motifs is 5. The van der Waals surface area contributed by atoms with E-state index in [2.05, 4.69) is 34.6 Å². The highest BCUT2D eigenvalue weighted by Gasteiger charge is 2.70. The molecule has 4 rings (SSSR count). The van der Waals surface area contributed by atoms with Crippen molar-refractivity contribution in [2.45, 2.75) is 124 Å². The van der Waals surface area contributed by atoms with E-state index in [1.807, 2.05) is 6.92 Å². The van der Waals surface area contributed by atoms with Crippen LogP contribution in [0.4, 0.5) is 0 Å². The van der Waals surface area contributed by atoms with Gasteiger partial charge in [-0.05, 0) is 80.1 Å². The molecule has 0 aromatic heterocycles. The lowest BCUT2D eigenvalue weighted by Crippen LogP contribution is -2.65. The Balaban J connectivity index is 1.72. The first kappa shape index (κ1) is 27.9. The van der Waals surface area contributed by atoms with Gasteiger partial charge >= 0.3 is 0 Å². The molecule has 0 amide bonds. The van der Waals surface area contributed by atoms with Gasteiger partial charge in [-0.1, -0.05) is 47.1 Å². The summed E-state index contributed by atoms with van der Waals surface area (Å²) in [7, 11) is 0. The summed E-state index contributed by atoms with van der Waals surface area (Å²) in [5.74, 6) is 0.305. The van der Waals surface area contributed by atoms with Gasteiger partial charge in [-0.25, -0.2) is 0 Å². The van der Waals surface area contributed by atoms with E-state index in [-0.39, 0.29) is 40.8 Å². The van der Waals surface area contributed by atoms with Crippen LogP contribution in [-0.2, 0) is 9.59 Å². The van der Waals surface area contributed by atoms with Crippen molar-refractivity contribution < 1.29 is 30.0 Å². The van der Waals surface area contributed by atoms with Crippen LogP contribution < -0.4 is 0 Å². The van der Waals surface area contributed by atoms with E-state index < -0.39 is 34.7 Å². The topological polar surface area (TPSA) is 115 Å². The number of aliphatic hydroxyl groups is 4. The van der Waals surface area contributed by atoms with Crippen LogP contribution in [0.25, 0.3) is 0 Å². The van der Waals surface area contributed by atoms with Gasteiger partial charge in [0.05, 0.1) is 17.8 Å². The van der Waals surface area contributed by atoms with Crippen molar-refractivity contribution in [2.75, 3.05) is 0 Å². The van der Waals surface area contributed by atoms with Crippen molar-refractivity contribution in [3.05, 3.63) is 11.1 Å². The highest BCUT2D eigenvalue weighted by molar-refractivity contribution is 6.00. The van der Waals surface area contributed by atoms with E-state index in [1.165, 1.54) is 13.8 Å². The molecule has 6 heteroatoms. The second-order valence-corrected chi connectivity index (χ2v) is 14.5. The average Bonchev–Trinajstić information content (AvgIpc) is 3.00. The Bertz CT molecular complexity index is 974. The van der Waals surface area contributed by atoms with Crippen molar-refractivity contribution in [3.8, 4) is 0 Å². The fourth-order valence-electron chi connectivity index (χ4n) is 9.62. The Labute approximate surface area is 216 Å². The molecule has 0 aromatic carbocycles. The van der Waals surface area contributed by atoms with Gasteiger partial charge in [0.1, 0.15) is 11.9 Å². The number of hydrogen-bond acceptors (Lipinski definition) is 6. The summed E-state index contributed by atoms with van der Waals surface area (Å²) >= 11 is 0. The highest BCUT2D eigenvalue weighted by atomic mass is 16.4. The Morgan fingerprint density at radius 1 is 1.06 bits per heavy atom. The summed E-state index contributed by atoms with van der Waals surface area (Å²) in [5.41, 5.74) is -0.998. The minimum atomic E-state index is -1.45. The molecule has 4 unspecified atom stereocenters. The van der Waals surface area contributed by atoms with E-state index in [0.717, 1.165) is 24.8 Å². The second-order valence-electron chi connectivity index (χ2n) is 14.5. The molecular weight excluding hydrogens is 456 g/mol. The molecule has 0 saturated heterocycles. The lowest BCUT2D eigenvalue weighted by molar-refractivity contribution is -0.208. The Hall–Kier alpha value is -1.08. The second kappa shape index (κ2) is 8.46. The van der Waals surface area contributed by atoms with Crippen LogP contribution in [0.3, 0.4) is 0 Å². The van der Waals surface area contributed by atoms with Crippen molar-refractivity contribution >= 4 is 11.6 Å². The van der Waals surface area contributed by atoms with Gasteiger partial charge in [-0.15, -0.1) is 0 Å². The van der Waals surface area contributed by atoms with Gasteiger partial charge in [0.2, 0.25) is 0 Å². The molecule has 4 aliphatic rings. The zero-order valence-corrected chi connectivity index (χ0v) is 23.5. The third-order valence-electron chi connectivity index (χ3n) is 11.7. The number of aliphatic hydroxyl groups excluding tert-OH is 3. The number of hydrogen-bond donors (Lipinski definition) is 4. The molecule has 4 N–H and O–H groups in total. The highest BCUT2D eigenvalue weighted by Crippen LogP contribution is 2.73. The number of ketones is 2. The van der Waals surface area contributed by atoms with Crippen molar-refractivity contribution in [3.63, 3.8) is 0 Å². The summed E-state index contributed by atoms with van der Waals surface area (Å²) in [5, 5.41) is 42.9. The number of carbonyl (C=O) groups excluding carboxylic acids is 2. The monoisotopic (exact) mass is 504 g/mol. The standard InChI is InChI=1S/C30H48O6/c1-16(13-19(32)25(35)27(4,5)36)23-17-14-18(31)24-28(6)11-10-22(34)26(2,3)21(28)9-12-29(24,7)30(17,8)15-20(23)33/h16,18-19,21,24-25,31-32,35-36H,9-15H2,1-8H3/t16?,18?,19?,21-,24-,25?,28-,29-,30-/m0/s1. The summed E-state index contributed by atoms with van der Waals surface area (Å²) in [6, 6.07) is 0. The zero-order valence-electron chi connectivity index (χ0n) is 23.5. The first-order valence-electron chi connectivity index (χ1n) is 13.9. The molecule has 3 saturated carbocycles. The van der Waals surface area contributed by atoms with Gasteiger partial charge in [0.15, 0.2) is 5.78 Å². The molecule has 0 bridgehead atoms. The number of rotatable bonds is 5. The van der Waals surface area contributed by atoms with E-state index in [1.54, 1.807) is 0 Å².